The molecule has 2 heterocycles. The number of carbonyl (C=O) groups excluding carboxylic acids is 2. The molecule has 0 saturated carbocycles. The number of phenolic OH excluding ortho intramolecular Hbond substituents is 1. The maximum Gasteiger partial charge on any atom is 0.254 e. The van der Waals surface area contributed by atoms with Crippen LogP contribution in [0.2, 0.25) is 0 Å². The molecule has 2 aromatic rings. The molecule has 2 aliphatic rings. The predicted molar refractivity (Wildman–Crippen MR) is 107 cm³/mol. The van der Waals surface area contributed by atoms with Gasteiger partial charge in [0.2, 0.25) is 5.91 Å². The standard InChI is InChI=1S/C22H25N3O3/c26-19-9-7-17(8-10-19)16-3-5-18(6-4-16)21(27)25-14-11-23-15-20(25)22(28)24-12-1-2-13-24/h3-10,20,23,26H,1-2,11-15H2. The quantitative estimate of drug-likeness (QED) is 0.857. The fourth-order valence-corrected chi connectivity index (χ4v) is 3.94. The molecule has 1 atom stereocenters. The van der Waals surface area contributed by atoms with Gasteiger partial charge in [-0.25, -0.2) is 0 Å². The Hall–Kier alpha value is -2.86. The molecule has 2 N–H and O–H groups in total. The van der Waals surface area contributed by atoms with Crippen LogP contribution in [0.25, 0.3) is 11.1 Å². The van der Waals surface area contributed by atoms with Crippen LogP contribution in [0.3, 0.4) is 0 Å². The Kier molecular flexibility index (Phi) is 5.30. The first-order valence-electron chi connectivity index (χ1n) is 9.83. The average molecular weight is 379 g/mol. The molecule has 0 aromatic heterocycles. The number of hydrogen-bond acceptors (Lipinski definition) is 4. The number of nitrogens with zero attached hydrogens (tertiary/aromatic N) is 2. The molecule has 4 rings (SSSR count). The molecule has 2 fully saturated rings. The van der Waals surface area contributed by atoms with E-state index in [2.05, 4.69) is 5.32 Å². The number of phenols is 1. The van der Waals surface area contributed by atoms with E-state index in [0.29, 0.717) is 25.2 Å². The zero-order chi connectivity index (χ0) is 19.5. The number of hydrogen-bond donors (Lipinski definition) is 2. The van der Waals surface area contributed by atoms with Crippen molar-refractivity contribution in [3.63, 3.8) is 0 Å². The molecular weight excluding hydrogens is 354 g/mol. The SMILES string of the molecule is O=C(C1CNCCN1C(=O)c1ccc(-c2ccc(O)cc2)cc1)N1CCCC1. The molecular formula is C22H25N3O3. The summed E-state index contributed by atoms with van der Waals surface area (Å²) in [6, 6.07) is 14.0. The number of benzene rings is 2. The number of amides is 2. The minimum absolute atomic E-state index is 0.0544. The first kappa shape index (κ1) is 18.5. The van der Waals surface area contributed by atoms with Crippen LogP contribution in [0.15, 0.2) is 48.5 Å². The number of aromatic hydroxyl groups is 1. The highest BCUT2D eigenvalue weighted by atomic mass is 16.3. The summed E-state index contributed by atoms with van der Waals surface area (Å²) in [5.74, 6) is 0.179. The van der Waals surface area contributed by atoms with E-state index in [1.54, 1.807) is 17.0 Å². The highest BCUT2D eigenvalue weighted by molar-refractivity contribution is 5.98. The van der Waals surface area contributed by atoms with Crippen molar-refractivity contribution in [2.45, 2.75) is 18.9 Å². The summed E-state index contributed by atoms with van der Waals surface area (Å²) in [4.78, 5) is 29.6. The van der Waals surface area contributed by atoms with Gasteiger partial charge in [-0.3, -0.25) is 9.59 Å². The summed E-state index contributed by atoms with van der Waals surface area (Å²) in [5.41, 5.74) is 2.53. The monoisotopic (exact) mass is 379 g/mol. The maximum absolute atomic E-state index is 13.1. The second kappa shape index (κ2) is 8.02. The van der Waals surface area contributed by atoms with E-state index in [9.17, 15) is 14.7 Å². The van der Waals surface area contributed by atoms with Gasteiger partial charge in [0.25, 0.3) is 5.91 Å². The van der Waals surface area contributed by atoms with Gasteiger partial charge in [0.1, 0.15) is 11.8 Å². The van der Waals surface area contributed by atoms with Crippen molar-refractivity contribution in [2.75, 3.05) is 32.7 Å². The molecule has 6 heteroatoms. The van der Waals surface area contributed by atoms with Gasteiger partial charge in [-0.1, -0.05) is 24.3 Å². The lowest BCUT2D eigenvalue weighted by molar-refractivity contribution is -0.135. The largest absolute Gasteiger partial charge is 0.508 e. The average Bonchev–Trinajstić information content (AvgIpc) is 3.28. The third-order valence-corrected chi connectivity index (χ3v) is 5.54. The first-order chi connectivity index (χ1) is 13.6. The van der Waals surface area contributed by atoms with E-state index < -0.39 is 6.04 Å². The second-order valence-corrected chi connectivity index (χ2v) is 7.38. The summed E-state index contributed by atoms with van der Waals surface area (Å²) in [5, 5.41) is 12.7. The van der Waals surface area contributed by atoms with Gasteiger partial charge < -0.3 is 20.2 Å². The molecule has 2 amide bonds. The van der Waals surface area contributed by atoms with Crippen LogP contribution >= 0.6 is 0 Å². The zero-order valence-corrected chi connectivity index (χ0v) is 15.8. The Balaban J connectivity index is 1.51. The number of likely N-dealkylation sites (tertiary alicyclic amines) is 1. The van der Waals surface area contributed by atoms with Crippen molar-refractivity contribution >= 4 is 11.8 Å². The van der Waals surface area contributed by atoms with Crippen molar-refractivity contribution in [3.8, 4) is 16.9 Å². The van der Waals surface area contributed by atoms with Crippen LogP contribution in [-0.4, -0.2) is 65.5 Å². The molecule has 2 aromatic carbocycles. The third-order valence-electron chi connectivity index (χ3n) is 5.54. The van der Waals surface area contributed by atoms with Crippen molar-refractivity contribution in [3.05, 3.63) is 54.1 Å². The predicted octanol–water partition coefficient (Wildman–Crippen LogP) is 2.10. The lowest BCUT2D eigenvalue weighted by Gasteiger charge is -2.37. The fraction of sp³-hybridized carbons (Fsp3) is 0.364. The molecule has 6 nitrogen and oxygen atoms in total. The van der Waals surface area contributed by atoms with E-state index in [4.69, 9.17) is 0 Å². The van der Waals surface area contributed by atoms with Crippen LogP contribution < -0.4 is 5.32 Å². The van der Waals surface area contributed by atoms with Gasteiger partial charge >= 0.3 is 0 Å². The highest BCUT2D eigenvalue weighted by Crippen LogP contribution is 2.23. The highest BCUT2D eigenvalue weighted by Gasteiger charge is 2.35. The van der Waals surface area contributed by atoms with E-state index in [-0.39, 0.29) is 17.6 Å². The number of rotatable bonds is 3. The molecule has 0 aliphatic carbocycles. The van der Waals surface area contributed by atoms with Gasteiger partial charge in [-0.05, 0) is 48.2 Å². The summed E-state index contributed by atoms with van der Waals surface area (Å²) >= 11 is 0. The smallest absolute Gasteiger partial charge is 0.254 e. The van der Waals surface area contributed by atoms with Crippen molar-refractivity contribution < 1.29 is 14.7 Å². The summed E-state index contributed by atoms with van der Waals surface area (Å²) in [7, 11) is 0. The number of carbonyl (C=O) groups is 2. The van der Waals surface area contributed by atoms with Gasteiger partial charge in [0.15, 0.2) is 0 Å². The lowest BCUT2D eigenvalue weighted by atomic mass is 10.0. The summed E-state index contributed by atoms with van der Waals surface area (Å²) in [6.07, 6.45) is 2.08. The van der Waals surface area contributed by atoms with Crippen molar-refractivity contribution in [1.29, 1.82) is 0 Å². The Morgan fingerprint density at radius 3 is 2.14 bits per heavy atom. The van der Waals surface area contributed by atoms with Gasteiger partial charge in [0, 0.05) is 38.3 Å². The Bertz CT molecular complexity index is 842. The molecule has 2 saturated heterocycles. The normalized spacial score (nSPS) is 19.6. The second-order valence-electron chi connectivity index (χ2n) is 7.38. The van der Waals surface area contributed by atoms with Crippen LogP contribution in [0.1, 0.15) is 23.2 Å². The Labute approximate surface area is 164 Å². The Morgan fingerprint density at radius 1 is 0.893 bits per heavy atom. The van der Waals surface area contributed by atoms with E-state index >= 15 is 0 Å². The summed E-state index contributed by atoms with van der Waals surface area (Å²) in [6.45, 7) is 3.31. The molecule has 28 heavy (non-hydrogen) atoms. The van der Waals surface area contributed by atoms with Crippen LogP contribution in [-0.2, 0) is 4.79 Å². The zero-order valence-electron chi connectivity index (χ0n) is 15.8. The van der Waals surface area contributed by atoms with Crippen LogP contribution in [0, 0.1) is 0 Å². The van der Waals surface area contributed by atoms with Crippen molar-refractivity contribution in [1.82, 2.24) is 15.1 Å². The first-order valence-corrected chi connectivity index (χ1v) is 9.83. The maximum atomic E-state index is 13.1. The van der Waals surface area contributed by atoms with E-state index in [1.807, 2.05) is 41.3 Å². The van der Waals surface area contributed by atoms with Gasteiger partial charge in [0.05, 0.1) is 0 Å². The van der Waals surface area contributed by atoms with E-state index in [1.165, 1.54) is 0 Å². The minimum Gasteiger partial charge on any atom is -0.508 e. The molecule has 1 unspecified atom stereocenters. The summed E-state index contributed by atoms with van der Waals surface area (Å²) < 4.78 is 0. The van der Waals surface area contributed by atoms with Crippen molar-refractivity contribution in [2.24, 2.45) is 0 Å². The topological polar surface area (TPSA) is 72.9 Å². The van der Waals surface area contributed by atoms with E-state index in [0.717, 1.165) is 37.1 Å². The number of piperazine rings is 1. The molecule has 2 aliphatic heterocycles. The molecule has 0 spiro atoms. The number of nitrogens with one attached hydrogen (secondary N) is 1. The van der Waals surface area contributed by atoms with Gasteiger partial charge in [-0.2, -0.15) is 0 Å². The van der Waals surface area contributed by atoms with Crippen LogP contribution in [0.5, 0.6) is 5.75 Å². The minimum atomic E-state index is -0.434. The Morgan fingerprint density at radius 2 is 1.50 bits per heavy atom. The third kappa shape index (κ3) is 3.73. The molecule has 0 bridgehead atoms. The van der Waals surface area contributed by atoms with Gasteiger partial charge in [-0.15, -0.1) is 0 Å². The fourth-order valence-electron chi connectivity index (χ4n) is 3.94. The molecule has 146 valence electrons. The lowest BCUT2D eigenvalue weighted by Crippen LogP contribution is -2.59. The molecule has 0 radical (unpaired) electrons. The van der Waals surface area contributed by atoms with Crippen LogP contribution in [0.4, 0.5) is 0 Å².